The van der Waals surface area contributed by atoms with Crippen molar-refractivity contribution in [2.75, 3.05) is 5.73 Å². The van der Waals surface area contributed by atoms with Gasteiger partial charge in [-0.15, -0.1) is 0 Å². The molecule has 0 atom stereocenters. The van der Waals surface area contributed by atoms with Crippen LogP contribution in [0.5, 0.6) is 0 Å². The van der Waals surface area contributed by atoms with Gasteiger partial charge in [-0.05, 0) is 36.5 Å². The summed E-state index contributed by atoms with van der Waals surface area (Å²) in [5, 5.41) is 1.19. The molecule has 3 N–H and O–H groups in total. The minimum absolute atomic E-state index is 0.301. The Bertz CT molecular complexity index is 802. The zero-order valence-electron chi connectivity index (χ0n) is 12.4. The Hall–Kier alpha value is -2.43. The maximum absolute atomic E-state index is 5.74. The van der Waals surface area contributed by atoms with Crippen LogP contribution in [0.4, 0.5) is 5.95 Å². The van der Waals surface area contributed by atoms with Crippen molar-refractivity contribution >= 4 is 17.0 Å². The van der Waals surface area contributed by atoms with E-state index in [9.17, 15) is 0 Å². The van der Waals surface area contributed by atoms with Gasteiger partial charge < -0.3 is 10.7 Å². The molecule has 0 saturated heterocycles. The SMILES string of the molecule is Nc1nccc(-c2c[nH]c3nccc(C4CCCCC4)c23)n1. The van der Waals surface area contributed by atoms with Gasteiger partial charge in [0.1, 0.15) is 5.65 Å². The van der Waals surface area contributed by atoms with Crippen LogP contribution in [0, 0.1) is 0 Å². The van der Waals surface area contributed by atoms with E-state index in [1.165, 1.54) is 43.1 Å². The molecule has 0 spiro atoms. The van der Waals surface area contributed by atoms with Crippen molar-refractivity contribution in [2.24, 2.45) is 0 Å². The van der Waals surface area contributed by atoms with Gasteiger partial charge in [0.25, 0.3) is 0 Å². The molecule has 3 aromatic rings. The van der Waals surface area contributed by atoms with Gasteiger partial charge in [-0.2, -0.15) is 0 Å². The van der Waals surface area contributed by atoms with Gasteiger partial charge in [-0.3, -0.25) is 0 Å². The summed E-state index contributed by atoms with van der Waals surface area (Å²) < 4.78 is 0. The summed E-state index contributed by atoms with van der Waals surface area (Å²) in [4.78, 5) is 16.1. The molecule has 0 amide bonds. The molecule has 3 heterocycles. The number of nitrogens with two attached hydrogens (primary N) is 1. The van der Waals surface area contributed by atoms with Gasteiger partial charge in [0.15, 0.2) is 0 Å². The van der Waals surface area contributed by atoms with Gasteiger partial charge in [0.2, 0.25) is 5.95 Å². The number of hydrogen-bond acceptors (Lipinski definition) is 4. The van der Waals surface area contributed by atoms with Crippen LogP contribution in [0.2, 0.25) is 0 Å². The Morgan fingerprint density at radius 1 is 1.05 bits per heavy atom. The number of H-pyrrole nitrogens is 1. The third kappa shape index (κ3) is 2.22. The number of aromatic amines is 1. The monoisotopic (exact) mass is 293 g/mol. The molecule has 0 bridgehead atoms. The number of nitrogens with zero attached hydrogens (tertiary/aromatic N) is 3. The molecule has 0 radical (unpaired) electrons. The average molecular weight is 293 g/mol. The van der Waals surface area contributed by atoms with Crippen LogP contribution in [-0.2, 0) is 0 Å². The molecule has 5 nitrogen and oxygen atoms in total. The number of rotatable bonds is 2. The smallest absolute Gasteiger partial charge is 0.220 e. The summed E-state index contributed by atoms with van der Waals surface area (Å²) in [6.07, 6.45) is 12.1. The predicted molar refractivity (Wildman–Crippen MR) is 87.4 cm³/mol. The molecule has 5 heteroatoms. The van der Waals surface area contributed by atoms with Gasteiger partial charge in [0.05, 0.1) is 5.69 Å². The number of nitrogen functional groups attached to an aromatic ring is 1. The van der Waals surface area contributed by atoms with E-state index in [0.717, 1.165) is 16.9 Å². The first-order valence-electron chi connectivity index (χ1n) is 7.88. The van der Waals surface area contributed by atoms with E-state index < -0.39 is 0 Å². The molecule has 1 saturated carbocycles. The minimum Gasteiger partial charge on any atom is -0.368 e. The first-order chi connectivity index (χ1) is 10.8. The highest BCUT2D eigenvalue weighted by Crippen LogP contribution is 2.39. The molecule has 0 unspecified atom stereocenters. The maximum Gasteiger partial charge on any atom is 0.220 e. The number of nitrogens with one attached hydrogen (secondary N) is 1. The molecule has 1 aliphatic rings. The fourth-order valence-corrected chi connectivity index (χ4v) is 3.56. The number of pyridine rings is 1. The van der Waals surface area contributed by atoms with E-state index in [1.807, 2.05) is 18.5 Å². The van der Waals surface area contributed by atoms with Gasteiger partial charge in [-0.1, -0.05) is 19.3 Å². The van der Waals surface area contributed by atoms with Crippen LogP contribution in [-0.4, -0.2) is 19.9 Å². The average Bonchev–Trinajstić information content (AvgIpc) is 3.00. The van der Waals surface area contributed by atoms with Crippen molar-refractivity contribution < 1.29 is 0 Å². The molecular formula is C17H19N5. The molecule has 4 rings (SSSR count). The fourth-order valence-electron chi connectivity index (χ4n) is 3.56. The molecule has 22 heavy (non-hydrogen) atoms. The van der Waals surface area contributed by atoms with Crippen LogP contribution in [0.25, 0.3) is 22.3 Å². The van der Waals surface area contributed by atoms with Crippen LogP contribution in [0.3, 0.4) is 0 Å². The second kappa shape index (κ2) is 5.40. The first kappa shape index (κ1) is 13.2. The normalized spacial score (nSPS) is 16.2. The Morgan fingerprint density at radius 3 is 2.68 bits per heavy atom. The largest absolute Gasteiger partial charge is 0.368 e. The summed E-state index contributed by atoms with van der Waals surface area (Å²) in [6, 6.07) is 4.07. The zero-order chi connectivity index (χ0) is 14.9. The third-order valence-electron chi connectivity index (χ3n) is 4.60. The van der Waals surface area contributed by atoms with E-state index in [2.05, 4.69) is 26.0 Å². The number of anilines is 1. The van der Waals surface area contributed by atoms with E-state index in [1.54, 1.807) is 6.20 Å². The summed E-state index contributed by atoms with van der Waals surface area (Å²) >= 11 is 0. The zero-order valence-corrected chi connectivity index (χ0v) is 12.4. The van der Waals surface area contributed by atoms with Crippen LogP contribution in [0.15, 0.2) is 30.7 Å². The Balaban J connectivity index is 1.89. The highest BCUT2D eigenvalue weighted by Gasteiger charge is 2.21. The summed E-state index contributed by atoms with van der Waals surface area (Å²) in [5.74, 6) is 0.919. The number of aromatic nitrogens is 4. The lowest BCUT2D eigenvalue weighted by Crippen LogP contribution is -2.05. The fraction of sp³-hybridized carbons (Fsp3) is 0.353. The van der Waals surface area contributed by atoms with Crippen LogP contribution >= 0.6 is 0 Å². The van der Waals surface area contributed by atoms with E-state index >= 15 is 0 Å². The third-order valence-corrected chi connectivity index (χ3v) is 4.60. The van der Waals surface area contributed by atoms with Crippen molar-refractivity contribution in [3.63, 3.8) is 0 Å². The quantitative estimate of drug-likeness (QED) is 0.755. The molecule has 0 aromatic carbocycles. The molecule has 1 aliphatic carbocycles. The second-order valence-corrected chi connectivity index (χ2v) is 5.96. The lowest BCUT2D eigenvalue weighted by Gasteiger charge is -2.22. The van der Waals surface area contributed by atoms with Crippen molar-refractivity contribution in [3.8, 4) is 11.3 Å². The van der Waals surface area contributed by atoms with Crippen molar-refractivity contribution in [3.05, 3.63) is 36.3 Å². The molecule has 1 fully saturated rings. The van der Waals surface area contributed by atoms with E-state index in [4.69, 9.17) is 5.73 Å². The molecule has 0 aliphatic heterocycles. The van der Waals surface area contributed by atoms with Gasteiger partial charge >= 0.3 is 0 Å². The topological polar surface area (TPSA) is 80.5 Å². The summed E-state index contributed by atoms with van der Waals surface area (Å²) in [6.45, 7) is 0. The van der Waals surface area contributed by atoms with Crippen molar-refractivity contribution in [1.82, 2.24) is 19.9 Å². The standard InChI is InChI=1S/C17H19N5/c18-17-20-9-7-14(22-17)13-10-21-16-15(13)12(6-8-19-16)11-4-2-1-3-5-11/h6-11H,1-5H2,(H,19,21)(H2,18,20,22). The van der Waals surface area contributed by atoms with Crippen molar-refractivity contribution in [1.29, 1.82) is 0 Å². The van der Waals surface area contributed by atoms with Crippen LogP contribution in [0.1, 0.15) is 43.6 Å². The summed E-state index contributed by atoms with van der Waals surface area (Å²) in [7, 11) is 0. The Morgan fingerprint density at radius 2 is 1.86 bits per heavy atom. The maximum atomic E-state index is 5.74. The summed E-state index contributed by atoms with van der Waals surface area (Å²) in [5.41, 5.74) is 9.97. The minimum atomic E-state index is 0.301. The van der Waals surface area contributed by atoms with Gasteiger partial charge in [0, 0.05) is 29.5 Å². The van der Waals surface area contributed by atoms with E-state index in [0.29, 0.717) is 11.9 Å². The number of fused-ring (bicyclic) bond motifs is 1. The Kier molecular flexibility index (Phi) is 3.25. The number of hydrogen-bond donors (Lipinski definition) is 2. The lowest BCUT2D eigenvalue weighted by molar-refractivity contribution is 0.445. The first-order valence-corrected chi connectivity index (χ1v) is 7.88. The van der Waals surface area contributed by atoms with Crippen molar-refractivity contribution in [2.45, 2.75) is 38.0 Å². The molecule has 3 aromatic heterocycles. The highest BCUT2D eigenvalue weighted by molar-refractivity contribution is 5.95. The predicted octanol–water partition coefficient (Wildman–Crippen LogP) is 3.65. The molecular weight excluding hydrogens is 274 g/mol. The highest BCUT2D eigenvalue weighted by atomic mass is 15.0. The Labute approximate surface area is 129 Å². The second-order valence-electron chi connectivity index (χ2n) is 5.96. The van der Waals surface area contributed by atoms with Crippen LogP contribution < -0.4 is 5.73 Å². The van der Waals surface area contributed by atoms with Gasteiger partial charge in [-0.25, -0.2) is 15.0 Å². The van der Waals surface area contributed by atoms with E-state index in [-0.39, 0.29) is 0 Å². The lowest BCUT2D eigenvalue weighted by atomic mass is 9.82. The molecule has 112 valence electrons.